The predicted molar refractivity (Wildman–Crippen MR) is 83.4 cm³/mol. The van der Waals surface area contributed by atoms with Gasteiger partial charge in [0.05, 0.1) is 19.4 Å². The van der Waals surface area contributed by atoms with Crippen molar-refractivity contribution >= 4 is 17.8 Å². The summed E-state index contributed by atoms with van der Waals surface area (Å²) in [5.74, 6) is 0.869. The van der Waals surface area contributed by atoms with Crippen molar-refractivity contribution in [3.63, 3.8) is 0 Å². The van der Waals surface area contributed by atoms with Gasteiger partial charge in [0.25, 0.3) is 5.91 Å². The topological polar surface area (TPSA) is 81.7 Å². The number of hydrogen-bond acceptors (Lipinski definition) is 5. The minimum Gasteiger partial charge on any atom is -0.466 e. The Labute approximate surface area is 137 Å². The van der Waals surface area contributed by atoms with E-state index in [1.165, 1.54) is 25.7 Å². The van der Waals surface area contributed by atoms with E-state index >= 15 is 0 Å². The first-order chi connectivity index (χ1) is 11.0. The molecule has 0 unspecified atom stereocenters. The first-order valence-electron chi connectivity index (χ1n) is 8.60. The number of rotatable bonds is 8. The van der Waals surface area contributed by atoms with Crippen LogP contribution in [0.2, 0.25) is 0 Å². The van der Waals surface area contributed by atoms with Crippen LogP contribution in [0.25, 0.3) is 0 Å². The highest BCUT2D eigenvalue weighted by molar-refractivity contribution is 5.82. The molecule has 6 heteroatoms. The van der Waals surface area contributed by atoms with E-state index in [1.54, 1.807) is 6.92 Å². The number of amides is 1. The molecule has 2 aliphatic carbocycles. The van der Waals surface area contributed by atoms with Crippen LogP contribution in [0.15, 0.2) is 0 Å². The third kappa shape index (κ3) is 5.22. The first kappa shape index (κ1) is 17.8. The second kappa shape index (κ2) is 8.31. The number of carbonyl (C=O) groups is 3. The fourth-order valence-electron chi connectivity index (χ4n) is 3.96. The molecule has 0 aromatic carbocycles. The minimum absolute atomic E-state index is 0.0180. The summed E-state index contributed by atoms with van der Waals surface area (Å²) in [6, 6.07) is 0.121. The Hall–Kier alpha value is -1.59. The Balaban J connectivity index is 1.61. The van der Waals surface area contributed by atoms with Gasteiger partial charge >= 0.3 is 11.9 Å². The lowest BCUT2D eigenvalue weighted by atomic mass is 9.84. The smallest absolute Gasteiger partial charge is 0.306 e. The summed E-state index contributed by atoms with van der Waals surface area (Å²) in [6.07, 6.45) is 5.03. The largest absolute Gasteiger partial charge is 0.466 e. The van der Waals surface area contributed by atoms with Gasteiger partial charge in [-0.25, -0.2) is 0 Å². The molecular weight excluding hydrogens is 298 g/mol. The molecule has 2 rings (SSSR count). The molecule has 0 aromatic heterocycles. The Morgan fingerprint density at radius 1 is 1.09 bits per heavy atom. The predicted octanol–water partition coefficient (Wildman–Crippen LogP) is 1.81. The van der Waals surface area contributed by atoms with E-state index in [1.807, 2.05) is 6.92 Å². The summed E-state index contributed by atoms with van der Waals surface area (Å²) >= 11 is 0. The van der Waals surface area contributed by atoms with Gasteiger partial charge in [-0.3, -0.25) is 14.4 Å². The van der Waals surface area contributed by atoms with E-state index in [0.717, 1.165) is 11.8 Å². The second-order valence-corrected chi connectivity index (χ2v) is 6.66. The van der Waals surface area contributed by atoms with Gasteiger partial charge in [-0.1, -0.05) is 6.42 Å². The van der Waals surface area contributed by atoms with Gasteiger partial charge in [0.2, 0.25) is 0 Å². The molecule has 0 aliphatic heterocycles. The van der Waals surface area contributed by atoms with Crippen molar-refractivity contribution in [2.24, 2.45) is 17.8 Å². The quantitative estimate of drug-likeness (QED) is 0.688. The second-order valence-electron chi connectivity index (χ2n) is 6.66. The first-order valence-corrected chi connectivity index (χ1v) is 8.60. The molecule has 6 nitrogen and oxygen atoms in total. The zero-order chi connectivity index (χ0) is 16.8. The van der Waals surface area contributed by atoms with Gasteiger partial charge in [-0.15, -0.1) is 0 Å². The summed E-state index contributed by atoms with van der Waals surface area (Å²) < 4.78 is 9.62. The van der Waals surface area contributed by atoms with E-state index in [-0.39, 0.29) is 38.0 Å². The lowest BCUT2D eigenvalue weighted by Gasteiger charge is -2.28. The highest BCUT2D eigenvalue weighted by Crippen LogP contribution is 2.49. The number of esters is 2. The molecule has 1 amide bonds. The molecule has 0 radical (unpaired) electrons. The van der Waals surface area contributed by atoms with Crippen LogP contribution in [0.5, 0.6) is 0 Å². The minimum atomic E-state index is -0.555. The van der Waals surface area contributed by atoms with E-state index < -0.39 is 11.9 Å². The van der Waals surface area contributed by atoms with E-state index in [9.17, 15) is 14.4 Å². The lowest BCUT2D eigenvalue weighted by molar-refractivity contribution is -0.152. The fraction of sp³-hybridized carbons (Fsp3) is 0.824. The molecule has 130 valence electrons. The summed E-state index contributed by atoms with van der Waals surface area (Å²) in [5.41, 5.74) is 0. The van der Waals surface area contributed by atoms with Gasteiger partial charge < -0.3 is 14.8 Å². The van der Waals surface area contributed by atoms with Gasteiger partial charge in [-0.2, -0.15) is 0 Å². The van der Waals surface area contributed by atoms with Crippen molar-refractivity contribution in [2.75, 3.05) is 13.2 Å². The molecule has 2 saturated carbocycles. The van der Waals surface area contributed by atoms with Gasteiger partial charge in [0, 0.05) is 6.04 Å². The Bertz CT molecular complexity index is 450. The van der Waals surface area contributed by atoms with Gasteiger partial charge in [0.1, 0.15) is 0 Å². The van der Waals surface area contributed by atoms with Crippen molar-refractivity contribution < 1.29 is 23.9 Å². The van der Waals surface area contributed by atoms with Crippen molar-refractivity contribution in [3.8, 4) is 0 Å². The maximum Gasteiger partial charge on any atom is 0.306 e. The normalized spacial score (nSPS) is 26.6. The summed E-state index contributed by atoms with van der Waals surface area (Å²) in [7, 11) is 0. The number of nitrogens with one attached hydrogen (secondary N) is 1. The Kier molecular flexibility index (Phi) is 6.42. The van der Waals surface area contributed by atoms with E-state index in [0.29, 0.717) is 5.92 Å². The molecule has 0 spiro atoms. The van der Waals surface area contributed by atoms with Crippen LogP contribution in [-0.2, 0) is 23.9 Å². The standard InChI is InChI=1S/C17H27NO5/c1-3-22-16(20)6-7-17(21)23-10-15(19)18-11(2)14-9-12-4-5-13(14)8-12/h11-14H,3-10H2,1-2H3,(H,18,19)/t11-,12+,13+,14-/m1/s1. The summed E-state index contributed by atoms with van der Waals surface area (Å²) in [5, 5.41) is 2.94. The average Bonchev–Trinajstić information content (AvgIpc) is 3.14. The molecule has 0 aromatic rings. The van der Waals surface area contributed by atoms with Crippen molar-refractivity contribution in [2.45, 2.75) is 58.4 Å². The number of fused-ring (bicyclic) bond motifs is 2. The molecule has 0 saturated heterocycles. The van der Waals surface area contributed by atoms with Crippen LogP contribution >= 0.6 is 0 Å². The van der Waals surface area contributed by atoms with Crippen LogP contribution in [0, 0.1) is 17.8 Å². The number of carbonyl (C=O) groups excluding carboxylic acids is 3. The number of ether oxygens (including phenoxy) is 2. The van der Waals surface area contributed by atoms with Crippen LogP contribution in [0.4, 0.5) is 0 Å². The maximum absolute atomic E-state index is 11.9. The maximum atomic E-state index is 11.9. The monoisotopic (exact) mass is 325 g/mol. The van der Waals surface area contributed by atoms with Crippen molar-refractivity contribution in [1.29, 1.82) is 0 Å². The van der Waals surface area contributed by atoms with Gasteiger partial charge in [-0.05, 0) is 50.9 Å². The van der Waals surface area contributed by atoms with E-state index in [2.05, 4.69) is 5.32 Å². The molecule has 2 aliphatic rings. The average molecular weight is 325 g/mol. The Morgan fingerprint density at radius 2 is 1.78 bits per heavy atom. The lowest BCUT2D eigenvalue weighted by Crippen LogP contribution is -2.42. The third-order valence-corrected chi connectivity index (χ3v) is 5.03. The molecule has 4 atom stereocenters. The summed E-state index contributed by atoms with van der Waals surface area (Å²) in [4.78, 5) is 34.5. The highest BCUT2D eigenvalue weighted by atomic mass is 16.5. The number of hydrogen-bond donors (Lipinski definition) is 1. The van der Waals surface area contributed by atoms with Crippen LogP contribution in [-0.4, -0.2) is 37.1 Å². The third-order valence-electron chi connectivity index (χ3n) is 5.03. The molecule has 0 heterocycles. The molecule has 2 bridgehead atoms. The highest BCUT2D eigenvalue weighted by Gasteiger charge is 2.42. The van der Waals surface area contributed by atoms with Crippen LogP contribution < -0.4 is 5.32 Å². The fourth-order valence-corrected chi connectivity index (χ4v) is 3.96. The van der Waals surface area contributed by atoms with Crippen LogP contribution in [0.3, 0.4) is 0 Å². The molecular formula is C17H27NO5. The van der Waals surface area contributed by atoms with Crippen molar-refractivity contribution in [3.05, 3.63) is 0 Å². The van der Waals surface area contributed by atoms with Crippen molar-refractivity contribution in [1.82, 2.24) is 5.32 Å². The van der Waals surface area contributed by atoms with Gasteiger partial charge in [0.15, 0.2) is 6.61 Å². The zero-order valence-electron chi connectivity index (χ0n) is 14.0. The molecule has 2 fully saturated rings. The SMILES string of the molecule is CCOC(=O)CCC(=O)OCC(=O)N[C@H](C)[C@H]1C[C@H]2CC[C@H]1C2. The molecule has 23 heavy (non-hydrogen) atoms. The van der Waals surface area contributed by atoms with Crippen LogP contribution in [0.1, 0.15) is 52.4 Å². The Morgan fingerprint density at radius 3 is 2.35 bits per heavy atom. The van der Waals surface area contributed by atoms with E-state index in [4.69, 9.17) is 9.47 Å². The zero-order valence-corrected chi connectivity index (χ0v) is 14.0. The summed E-state index contributed by atoms with van der Waals surface area (Å²) in [6.45, 7) is 3.74. The molecule has 1 N–H and O–H groups in total.